The minimum absolute atomic E-state index is 0.0279. The molecule has 1 aromatic heterocycles. The smallest absolute Gasteiger partial charge is 0.252 e. The number of nitrogens with one attached hydrogen (secondary N) is 1. The molecular formula is C15H23N3O3. The van der Waals surface area contributed by atoms with Crippen LogP contribution in [0, 0.1) is 0 Å². The molecule has 6 heteroatoms. The Labute approximate surface area is 125 Å². The highest BCUT2D eigenvalue weighted by molar-refractivity contribution is 5.94. The zero-order valence-corrected chi connectivity index (χ0v) is 13.0. The molecule has 2 amide bonds. The van der Waals surface area contributed by atoms with Gasteiger partial charge in [-0.2, -0.15) is 0 Å². The first-order valence-electron chi connectivity index (χ1n) is 7.09. The molecule has 116 valence electrons. The second-order valence-electron chi connectivity index (χ2n) is 6.40. The van der Waals surface area contributed by atoms with Crippen molar-refractivity contribution in [2.45, 2.75) is 32.4 Å². The van der Waals surface area contributed by atoms with Gasteiger partial charge in [0.2, 0.25) is 5.91 Å². The third-order valence-corrected chi connectivity index (χ3v) is 3.57. The maximum Gasteiger partial charge on any atom is 0.252 e. The highest BCUT2D eigenvalue weighted by Gasteiger charge is 2.24. The Kier molecular flexibility index (Phi) is 4.37. The summed E-state index contributed by atoms with van der Waals surface area (Å²) in [5.74, 6) is -0.152. The average Bonchev–Trinajstić information content (AvgIpc) is 2.89. The lowest BCUT2D eigenvalue weighted by atomic mass is 10.1. The standard InChI is InChI=1S/C15H23N3O3/c1-15(2,3)18-6-5-11(8-18)14(20)16-7-12-9-17(4)13(19)10-21-12/h5-6,8,12H,7,9-10H2,1-4H3,(H,16,20)/t12-/m0/s1. The fourth-order valence-electron chi connectivity index (χ4n) is 2.14. The van der Waals surface area contributed by atoms with E-state index < -0.39 is 0 Å². The van der Waals surface area contributed by atoms with Gasteiger partial charge in [-0.25, -0.2) is 0 Å². The van der Waals surface area contributed by atoms with E-state index in [9.17, 15) is 9.59 Å². The molecule has 2 heterocycles. The number of likely N-dealkylation sites (N-methyl/N-ethyl adjacent to an activating group) is 1. The van der Waals surface area contributed by atoms with E-state index in [1.807, 2.05) is 17.0 Å². The van der Waals surface area contributed by atoms with Crippen LogP contribution in [0.3, 0.4) is 0 Å². The Bertz CT molecular complexity index is 531. The molecule has 1 aromatic rings. The minimum Gasteiger partial charge on any atom is -0.365 e. The van der Waals surface area contributed by atoms with Crippen LogP contribution in [0.2, 0.25) is 0 Å². The van der Waals surface area contributed by atoms with Crippen molar-refractivity contribution in [2.24, 2.45) is 0 Å². The van der Waals surface area contributed by atoms with Gasteiger partial charge in [-0.05, 0) is 26.8 Å². The molecule has 2 rings (SSSR count). The summed E-state index contributed by atoms with van der Waals surface area (Å²) in [5.41, 5.74) is 0.582. The number of ether oxygens (including phenoxy) is 1. The quantitative estimate of drug-likeness (QED) is 0.898. The molecule has 0 unspecified atom stereocenters. The predicted molar refractivity (Wildman–Crippen MR) is 79.1 cm³/mol. The fraction of sp³-hybridized carbons (Fsp3) is 0.600. The van der Waals surface area contributed by atoms with Crippen LogP contribution in [0.4, 0.5) is 0 Å². The lowest BCUT2D eigenvalue weighted by Crippen LogP contribution is -2.48. The first-order chi connectivity index (χ1) is 9.77. The lowest BCUT2D eigenvalue weighted by Gasteiger charge is -2.29. The molecule has 1 N–H and O–H groups in total. The highest BCUT2D eigenvalue weighted by Crippen LogP contribution is 2.15. The Morgan fingerprint density at radius 2 is 2.19 bits per heavy atom. The molecule has 0 aromatic carbocycles. The Balaban J connectivity index is 1.87. The van der Waals surface area contributed by atoms with Crippen LogP contribution in [-0.2, 0) is 15.1 Å². The van der Waals surface area contributed by atoms with Crippen molar-refractivity contribution in [3.8, 4) is 0 Å². The van der Waals surface area contributed by atoms with Gasteiger partial charge in [-0.1, -0.05) is 0 Å². The van der Waals surface area contributed by atoms with E-state index in [0.29, 0.717) is 18.7 Å². The number of rotatable bonds is 3. The Morgan fingerprint density at radius 3 is 2.76 bits per heavy atom. The van der Waals surface area contributed by atoms with Crippen LogP contribution in [0.25, 0.3) is 0 Å². The molecule has 0 radical (unpaired) electrons. The van der Waals surface area contributed by atoms with Crippen molar-refractivity contribution in [3.63, 3.8) is 0 Å². The Morgan fingerprint density at radius 1 is 1.48 bits per heavy atom. The number of carbonyl (C=O) groups excluding carboxylic acids is 2. The van der Waals surface area contributed by atoms with Crippen molar-refractivity contribution >= 4 is 11.8 Å². The first-order valence-corrected chi connectivity index (χ1v) is 7.09. The predicted octanol–water partition coefficient (Wildman–Crippen LogP) is 0.830. The number of carbonyl (C=O) groups is 2. The van der Waals surface area contributed by atoms with E-state index in [4.69, 9.17) is 4.74 Å². The summed E-state index contributed by atoms with van der Waals surface area (Å²) in [6.07, 6.45) is 3.59. The SMILES string of the molecule is CN1C[C@H](CNC(=O)c2ccn(C(C)(C)C)c2)OCC1=O. The summed E-state index contributed by atoms with van der Waals surface area (Å²) in [5, 5.41) is 2.85. The summed E-state index contributed by atoms with van der Waals surface area (Å²) >= 11 is 0. The van der Waals surface area contributed by atoms with Crippen LogP contribution >= 0.6 is 0 Å². The van der Waals surface area contributed by atoms with Gasteiger partial charge in [0.1, 0.15) is 6.61 Å². The molecule has 0 saturated carbocycles. The molecule has 0 aliphatic carbocycles. The first kappa shape index (κ1) is 15.6. The molecule has 6 nitrogen and oxygen atoms in total. The number of aromatic nitrogens is 1. The van der Waals surface area contributed by atoms with E-state index in [1.54, 1.807) is 18.0 Å². The van der Waals surface area contributed by atoms with Crippen LogP contribution < -0.4 is 5.32 Å². The largest absolute Gasteiger partial charge is 0.365 e. The summed E-state index contributed by atoms with van der Waals surface area (Å²) < 4.78 is 7.40. The fourth-order valence-corrected chi connectivity index (χ4v) is 2.14. The van der Waals surface area contributed by atoms with Crippen LogP contribution in [-0.4, -0.2) is 54.1 Å². The second-order valence-corrected chi connectivity index (χ2v) is 6.40. The summed E-state index contributed by atoms with van der Waals surface area (Å²) in [4.78, 5) is 25.0. The topological polar surface area (TPSA) is 63.6 Å². The maximum atomic E-state index is 12.1. The van der Waals surface area contributed by atoms with E-state index in [2.05, 4.69) is 26.1 Å². The molecule has 1 fully saturated rings. The highest BCUT2D eigenvalue weighted by atomic mass is 16.5. The molecule has 0 bridgehead atoms. The zero-order valence-electron chi connectivity index (χ0n) is 13.0. The van der Waals surface area contributed by atoms with E-state index in [-0.39, 0.29) is 30.1 Å². The van der Waals surface area contributed by atoms with Crippen molar-refractivity contribution < 1.29 is 14.3 Å². The average molecular weight is 293 g/mol. The van der Waals surface area contributed by atoms with Gasteiger partial charge in [0.25, 0.3) is 5.91 Å². The summed E-state index contributed by atoms with van der Waals surface area (Å²) in [6, 6.07) is 1.80. The minimum atomic E-state index is -0.152. The van der Waals surface area contributed by atoms with Gasteiger partial charge in [-0.15, -0.1) is 0 Å². The van der Waals surface area contributed by atoms with Crippen LogP contribution in [0.1, 0.15) is 31.1 Å². The van der Waals surface area contributed by atoms with E-state index in [0.717, 1.165) is 0 Å². The lowest BCUT2D eigenvalue weighted by molar-refractivity contribution is -0.146. The van der Waals surface area contributed by atoms with Gasteiger partial charge >= 0.3 is 0 Å². The Hall–Kier alpha value is -1.82. The van der Waals surface area contributed by atoms with Gasteiger partial charge < -0.3 is 19.5 Å². The van der Waals surface area contributed by atoms with Gasteiger partial charge in [0.15, 0.2) is 0 Å². The van der Waals surface area contributed by atoms with Crippen LogP contribution in [0.15, 0.2) is 18.5 Å². The van der Waals surface area contributed by atoms with Gasteiger partial charge in [0.05, 0.1) is 11.7 Å². The second kappa shape index (κ2) is 5.89. The van der Waals surface area contributed by atoms with Gasteiger partial charge in [0, 0.05) is 38.1 Å². The maximum absolute atomic E-state index is 12.1. The summed E-state index contributed by atoms with van der Waals surface area (Å²) in [7, 11) is 1.74. The number of hydrogen-bond acceptors (Lipinski definition) is 3. The van der Waals surface area contributed by atoms with Crippen LogP contribution in [0.5, 0.6) is 0 Å². The van der Waals surface area contributed by atoms with Crippen molar-refractivity contribution in [1.29, 1.82) is 0 Å². The normalized spacial score (nSPS) is 19.7. The number of amides is 2. The van der Waals surface area contributed by atoms with Crippen molar-refractivity contribution in [2.75, 3.05) is 26.7 Å². The molecule has 21 heavy (non-hydrogen) atoms. The number of hydrogen-bond donors (Lipinski definition) is 1. The van der Waals surface area contributed by atoms with Gasteiger partial charge in [-0.3, -0.25) is 9.59 Å². The molecule has 1 saturated heterocycles. The van der Waals surface area contributed by atoms with Crippen molar-refractivity contribution in [1.82, 2.24) is 14.8 Å². The van der Waals surface area contributed by atoms with Crippen molar-refractivity contribution in [3.05, 3.63) is 24.0 Å². The molecule has 1 aliphatic heterocycles. The third kappa shape index (κ3) is 3.85. The molecule has 0 spiro atoms. The summed E-state index contributed by atoms with van der Waals surface area (Å²) in [6.45, 7) is 7.23. The molecular weight excluding hydrogens is 270 g/mol. The number of morpholine rings is 1. The molecule has 1 aliphatic rings. The zero-order chi connectivity index (χ0) is 15.6. The third-order valence-electron chi connectivity index (χ3n) is 3.57. The van der Waals surface area contributed by atoms with E-state index in [1.165, 1.54) is 0 Å². The molecule has 1 atom stereocenters. The van der Waals surface area contributed by atoms with E-state index >= 15 is 0 Å². The number of nitrogens with zero attached hydrogens (tertiary/aromatic N) is 2. The monoisotopic (exact) mass is 293 g/mol.